The van der Waals surface area contributed by atoms with Crippen LogP contribution in [0.2, 0.25) is 0 Å². The highest BCUT2D eigenvalue weighted by Crippen LogP contribution is 2.29. The molecule has 0 aromatic heterocycles. The summed E-state index contributed by atoms with van der Waals surface area (Å²) in [6.07, 6.45) is 2.19. The summed E-state index contributed by atoms with van der Waals surface area (Å²) in [7, 11) is 0.193. The number of sulfonamides is 1. The molecule has 0 aliphatic carbocycles. The number of nitrogens with zero attached hydrogens (tertiary/aromatic N) is 2. The molecule has 2 rings (SSSR count). The maximum absolute atomic E-state index is 12.4. The van der Waals surface area contributed by atoms with E-state index >= 15 is 0 Å². The highest BCUT2D eigenvalue weighted by Gasteiger charge is 2.17. The van der Waals surface area contributed by atoms with Crippen molar-refractivity contribution in [3.05, 3.63) is 36.4 Å². The topological polar surface area (TPSA) is 61.8 Å². The molecule has 5 nitrogen and oxygen atoms in total. The molecular formula is C15H19N3O2S. The molecule has 0 bridgehead atoms. The SMILES string of the molecule is CCC=NNS(=O)(=O)c1cccc2c(N(C)C)cccc12. The largest absolute Gasteiger partial charge is 0.377 e. The van der Waals surface area contributed by atoms with Gasteiger partial charge in [0.15, 0.2) is 0 Å². The van der Waals surface area contributed by atoms with E-state index in [4.69, 9.17) is 0 Å². The maximum atomic E-state index is 12.4. The molecular weight excluding hydrogens is 286 g/mol. The van der Waals surface area contributed by atoms with Gasteiger partial charge in [-0.1, -0.05) is 31.2 Å². The summed E-state index contributed by atoms with van der Waals surface area (Å²) in [4.78, 5) is 4.44. The van der Waals surface area contributed by atoms with Gasteiger partial charge in [-0.2, -0.15) is 13.5 Å². The van der Waals surface area contributed by atoms with Crippen LogP contribution in [-0.2, 0) is 10.0 Å². The van der Waals surface area contributed by atoms with E-state index in [0.717, 1.165) is 11.1 Å². The van der Waals surface area contributed by atoms with E-state index in [1.54, 1.807) is 18.2 Å². The highest BCUT2D eigenvalue weighted by atomic mass is 32.2. The first-order valence-electron chi connectivity index (χ1n) is 6.69. The van der Waals surface area contributed by atoms with Crippen LogP contribution < -0.4 is 9.73 Å². The maximum Gasteiger partial charge on any atom is 0.277 e. The zero-order valence-corrected chi connectivity index (χ0v) is 13.2. The number of nitrogens with one attached hydrogen (secondary N) is 1. The average molecular weight is 305 g/mol. The molecule has 0 saturated heterocycles. The zero-order chi connectivity index (χ0) is 15.5. The molecule has 0 radical (unpaired) electrons. The zero-order valence-electron chi connectivity index (χ0n) is 12.4. The monoisotopic (exact) mass is 305 g/mol. The van der Waals surface area contributed by atoms with E-state index in [0.29, 0.717) is 11.8 Å². The molecule has 0 unspecified atom stereocenters. The number of benzene rings is 2. The summed E-state index contributed by atoms with van der Waals surface area (Å²) in [6.45, 7) is 1.89. The summed E-state index contributed by atoms with van der Waals surface area (Å²) in [6, 6.07) is 10.9. The lowest BCUT2D eigenvalue weighted by Gasteiger charge is -2.16. The van der Waals surface area contributed by atoms with Gasteiger partial charge in [0, 0.05) is 36.8 Å². The summed E-state index contributed by atoms with van der Waals surface area (Å²) in [5, 5.41) is 5.31. The first-order valence-corrected chi connectivity index (χ1v) is 8.18. The van der Waals surface area contributed by atoms with E-state index in [1.807, 2.05) is 44.1 Å². The van der Waals surface area contributed by atoms with Crippen molar-refractivity contribution in [2.24, 2.45) is 5.10 Å². The molecule has 1 N–H and O–H groups in total. The van der Waals surface area contributed by atoms with Gasteiger partial charge in [-0.25, -0.2) is 4.83 Å². The fraction of sp³-hybridized carbons (Fsp3) is 0.267. The Bertz CT molecular complexity index is 768. The van der Waals surface area contributed by atoms with Gasteiger partial charge in [0.2, 0.25) is 0 Å². The van der Waals surface area contributed by atoms with E-state index in [9.17, 15) is 8.42 Å². The van der Waals surface area contributed by atoms with Gasteiger partial charge in [-0.05, 0) is 18.6 Å². The Kier molecular flexibility index (Phi) is 4.47. The van der Waals surface area contributed by atoms with Gasteiger partial charge in [0.1, 0.15) is 0 Å². The van der Waals surface area contributed by atoms with Gasteiger partial charge in [-0.3, -0.25) is 0 Å². The highest BCUT2D eigenvalue weighted by molar-refractivity contribution is 7.89. The van der Waals surface area contributed by atoms with Crippen LogP contribution in [0.3, 0.4) is 0 Å². The Labute approximate surface area is 125 Å². The number of hydrazone groups is 1. The van der Waals surface area contributed by atoms with Crippen molar-refractivity contribution in [1.29, 1.82) is 0 Å². The minimum absolute atomic E-state index is 0.233. The van der Waals surface area contributed by atoms with Crippen molar-refractivity contribution < 1.29 is 8.42 Å². The molecule has 0 aliphatic heterocycles. The van der Waals surface area contributed by atoms with E-state index < -0.39 is 10.0 Å². The second-order valence-electron chi connectivity index (χ2n) is 4.84. The summed E-state index contributed by atoms with van der Waals surface area (Å²) in [5.41, 5.74) is 0.974. The average Bonchev–Trinajstić information content (AvgIpc) is 2.46. The predicted molar refractivity (Wildman–Crippen MR) is 87.4 cm³/mol. The first kappa shape index (κ1) is 15.3. The summed E-state index contributed by atoms with van der Waals surface area (Å²) >= 11 is 0. The molecule has 0 saturated carbocycles. The lowest BCUT2D eigenvalue weighted by Crippen LogP contribution is -2.18. The van der Waals surface area contributed by atoms with Gasteiger partial charge < -0.3 is 4.90 Å². The fourth-order valence-electron chi connectivity index (χ4n) is 2.14. The van der Waals surface area contributed by atoms with E-state index in [1.165, 1.54) is 6.21 Å². The van der Waals surface area contributed by atoms with Crippen LogP contribution in [0.5, 0.6) is 0 Å². The molecule has 6 heteroatoms. The van der Waals surface area contributed by atoms with Crippen molar-refractivity contribution in [2.75, 3.05) is 19.0 Å². The van der Waals surface area contributed by atoms with Gasteiger partial charge >= 0.3 is 0 Å². The van der Waals surface area contributed by atoms with Crippen LogP contribution in [-0.4, -0.2) is 28.7 Å². The molecule has 2 aromatic carbocycles. The van der Waals surface area contributed by atoms with Gasteiger partial charge in [0.25, 0.3) is 10.0 Å². The van der Waals surface area contributed by atoms with Crippen LogP contribution >= 0.6 is 0 Å². The Balaban J connectivity index is 2.61. The van der Waals surface area contributed by atoms with Crippen molar-refractivity contribution in [2.45, 2.75) is 18.2 Å². The molecule has 0 heterocycles. The normalized spacial score (nSPS) is 12.0. The van der Waals surface area contributed by atoms with Gasteiger partial charge in [-0.15, -0.1) is 0 Å². The molecule has 0 aliphatic rings. The molecule has 0 spiro atoms. The molecule has 0 amide bonds. The van der Waals surface area contributed by atoms with Crippen molar-refractivity contribution >= 4 is 32.7 Å². The van der Waals surface area contributed by atoms with Crippen LogP contribution in [0.25, 0.3) is 10.8 Å². The Morgan fingerprint density at radius 2 is 1.81 bits per heavy atom. The summed E-state index contributed by atoms with van der Waals surface area (Å²) < 4.78 is 24.7. The predicted octanol–water partition coefficient (Wildman–Crippen LogP) is 2.58. The number of hydrogen-bond acceptors (Lipinski definition) is 4. The van der Waals surface area contributed by atoms with E-state index in [2.05, 4.69) is 9.93 Å². The molecule has 0 atom stereocenters. The fourth-order valence-corrected chi connectivity index (χ4v) is 3.17. The molecule has 0 fully saturated rings. The number of rotatable bonds is 5. The third-order valence-electron chi connectivity index (χ3n) is 3.08. The molecule has 112 valence electrons. The van der Waals surface area contributed by atoms with E-state index in [-0.39, 0.29) is 4.90 Å². The smallest absolute Gasteiger partial charge is 0.277 e. The minimum Gasteiger partial charge on any atom is -0.377 e. The number of hydrogen-bond donors (Lipinski definition) is 1. The number of anilines is 1. The first-order chi connectivity index (χ1) is 9.97. The van der Waals surface area contributed by atoms with Crippen LogP contribution in [0.1, 0.15) is 13.3 Å². The third kappa shape index (κ3) is 3.16. The Hall–Kier alpha value is -2.08. The van der Waals surface area contributed by atoms with Crippen molar-refractivity contribution in [1.82, 2.24) is 4.83 Å². The summed E-state index contributed by atoms with van der Waals surface area (Å²) in [5.74, 6) is 0. The standard InChI is InChI=1S/C15H19N3O2S/c1-4-11-16-17-21(19,20)15-10-6-7-12-13(15)8-5-9-14(12)18(2)3/h5-11,17H,4H2,1-3H3. The quantitative estimate of drug-likeness (QED) is 0.682. The second kappa shape index (κ2) is 6.13. The third-order valence-corrected chi connectivity index (χ3v) is 4.36. The van der Waals surface area contributed by atoms with Crippen LogP contribution in [0.15, 0.2) is 46.4 Å². The lowest BCUT2D eigenvalue weighted by molar-refractivity contribution is 0.585. The van der Waals surface area contributed by atoms with Gasteiger partial charge in [0.05, 0.1) is 4.90 Å². The van der Waals surface area contributed by atoms with Crippen molar-refractivity contribution in [3.8, 4) is 0 Å². The number of fused-ring (bicyclic) bond motifs is 1. The Morgan fingerprint density at radius 1 is 1.14 bits per heavy atom. The second-order valence-corrected chi connectivity index (χ2v) is 6.47. The van der Waals surface area contributed by atoms with Crippen LogP contribution in [0.4, 0.5) is 5.69 Å². The Morgan fingerprint density at radius 3 is 2.48 bits per heavy atom. The molecule has 21 heavy (non-hydrogen) atoms. The minimum atomic E-state index is -3.67. The lowest BCUT2D eigenvalue weighted by atomic mass is 10.1. The van der Waals surface area contributed by atoms with Crippen molar-refractivity contribution in [3.63, 3.8) is 0 Å². The van der Waals surface area contributed by atoms with Crippen LogP contribution in [0, 0.1) is 0 Å². The molecule has 2 aromatic rings.